The first-order valence-electron chi connectivity index (χ1n) is 15.6. The van der Waals surface area contributed by atoms with Crippen molar-refractivity contribution < 1.29 is 19.2 Å². The number of anilines is 2. The molecule has 2 aromatic carbocycles. The largest absolute Gasteiger partial charge is 0.343 e. The Morgan fingerprint density at radius 2 is 1.78 bits per heavy atom. The van der Waals surface area contributed by atoms with Crippen LogP contribution >= 0.6 is 0 Å². The van der Waals surface area contributed by atoms with Gasteiger partial charge in [-0.2, -0.15) is 0 Å². The smallest absolute Gasteiger partial charge is 0.244 e. The highest BCUT2D eigenvalue weighted by Gasteiger charge is 2.39. The molecular weight excluding hydrogens is 568 g/mol. The lowest BCUT2D eigenvalue weighted by Crippen LogP contribution is -2.46. The molecule has 1 aromatic heterocycles. The lowest BCUT2D eigenvalue weighted by Gasteiger charge is -2.34. The predicted octanol–water partition coefficient (Wildman–Crippen LogP) is 3.89. The number of rotatable bonds is 8. The number of carbonyl (C=O) groups excluding carboxylic acids is 4. The molecule has 0 aliphatic carbocycles. The third kappa shape index (κ3) is 7.75. The minimum absolute atomic E-state index is 0.0126. The lowest BCUT2D eigenvalue weighted by atomic mass is 9.81. The summed E-state index contributed by atoms with van der Waals surface area (Å²) in [7, 11) is 1.88. The number of amides is 4. The molecule has 2 aliphatic heterocycles. The molecule has 1 unspecified atom stereocenters. The van der Waals surface area contributed by atoms with E-state index in [0.29, 0.717) is 50.4 Å². The summed E-state index contributed by atoms with van der Waals surface area (Å²) in [5, 5.41) is 9.04. The predicted molar refractivity (Wildman–Crippen MR) is 173 cm³/mol. The van der Waals surface area contributed by atoms with Crippen LogP contribution in [0.1, 0.15) is 60.9 Å². The molecule has 10 nitrogen and oxygen atoms in total. The van der Waals surface area contributed by atoms with E-state index in [-0.39, 0.29) is 43.1 Å². The van der Waals surface area contributed by atoms with E-state index in [9.17, 15) is 19.2 Å². The second-order valence-corrected chi connectivity index (χ2v) is 12.3. The van der Waals surface area contributed by atoms with Gasteiger partial charge in [-0.15, -0.1) is 0 Å². The molecule has 0 bridgehead atoms. The van der Waals surface area contributed by atoms with Crippen LogP contribution in [0.15, 0.2) is 60.8 Å². The van der Waals surface area contributed by atoms with Crippen LogP contribution in [0.25, 0.3) is 0 Å². The molecule has 3 heterocycles. The van der Waals surface area contributed by atoms with Crippen molar-refractivity contribution in [2.45, 2.75) is 59.0 Å². The molecule has 4 amide bonds. The van der Waals surface area contributed by atoms with Crippen molar-refractivity contribution in [3.05, 3.63) is 88.6 Å². The molecule has 2 aliphatic rings. The van der Waals surface area contributed by atoms with Gasteiger partial charge < -0.3 is 25.8 Å². The average Bonchev–Trinajstić information content (AvgIpc) is 3.21. The summed E-state index contributed by atoms with van der Waals surface area (Å²) in [6.45, 7) is 5.45. The van der Waals surface area contributed by atoms with E-state index in [1.165, 1.54) is 0 Å². The van der Waals surface area contributed by atoms with Crippen molar-refractivity contribution in [2.24, 2.45) is 5.41 Å². The monoisotopic (exact) mass is 610 g/mol. The standard InChI is InChI=1S/C35H42N6O4/c1-24(42)40-16-7-13-35(2,14-17-40)34(45)41(22-28-9-5-4-8-27(28)21-36-3)23-32(44)38-30-12-11-25-18-26-10-6-15-37-33(26)39-31(43)20-29(25)19-30/h4-6,8-12,15,19,36H,7,13-14,16-18,20-23H2,1-3H3,(H,38,44)(H,37,39,43). The minimum atomic E-state index is -0.705. The van der Waals surface area contributed by atoms with Crippen LogP contribution in [0.2, 0.25) is 0 Å². The summed E-state index contributed by atoms with van der Waals surface area (Å²) in [6.07, 6.45) is 4.33. The Morgan fingerprint density at radius 3 is 2.56 bits per heavy atom. The number of hydrogen-bond acceptors (Lipinski definition) is 6. The highest BCUT2D eigenvalue weighted by molar-refractivity contribution is 5.96. The van der Waals surface area contributed by atoms with Crippen molar-refractivity contribution in [1.29, 1.82) is 0 Å². The van der Waals surface area contributed by atoms with E-state index in [1.807, 2.05) is 68.6 Å². The zero-order valence-electron chi connectivity index (χ0n) is 26.3. The first-order valence-corrected chi connectivity index (χ1v) is 15.6. The molecule has 0 spiro atoms. The van der Waals surface area contributed by atoms with Gasteiger partial charge in [0.1, 0.15) is 12.4 Å². The van der Waals surface area contributed by atoms with Gasteiger partial charge in [0.2, 0.25) is 23.6 Å². The molecule has 1 atom stereocenters. The van der Waals surface area contributed by atoms with Gasteiger partial charge in [0, 0.05) is 56.8 Å². The quantitative estimate of drug-likeness (QED) is 0.356. The van der Waals surface area contributed by atoms with Crippen molar-refractivity contribution >= 4 is 35.1 Å². The molecular formula is C35H42N6O4. The molecule has 1 fully saturated rings. The van der Waals surface area contributed by atoms with Crippen molar-refractivity contribution in [2.75, 3.05) is 37.3 Å². The second-order valence-electron chi connectivity index (χ2n) is 12.3. The summed E-state index contributed by atoms with van der Waals surface area (Å²) in [4.78, 5) is 60.4. The molecule has 45 heavy (non-hydrogen) atoms. The third-order valence-electron chi connectivity index (χ3n) is 8.89. The van der Waals surface area contributed by atoms with Gasteiger partial charge in [-0.3, -0.25) is 19.2 Å². The van der Waals surface area contributed by atoms with E-state index in [4.69, 9.17) is 0 Å². The lowest BCUT2D eigenvalue weighted by molar-refractivity contribution is -0.145. The Morgan fingerprint density at radius 1 is 0.978 bits per heavy atom. The Labute approximate surface area is 264 Å². The number of aromatic nitrogens is 1. The first kappa shape index (κ1) is 31.8. The maximum Gasteiger partial charge on any atom is 0.244 e. The van der Waals surface area contributed by atoms with E-state index in [1.54, 1.807) is 22.9 Å². The molecule has 0 saturated carbocycles. The van der Waals surface area contributed by atoms with E-state index in [2.05, 4.69) is 20.9 Å². The van der Waals surface area contributed by atoms with Crippen LogP contribution in [0.3, 0.4) is 0 Å². The van der Waals surface area contributed by atoms with Gasteiger partial charge in [-0.25, -0.2) is 4.98 Å². The van der Waals surface area contributed by atoms with Crippen LogP contribution in [0.5, 0.6) is 0 Å². The number of nitrogens with one attached hydrogen (secondary N) is 3. The summed E-state index contributed by atoms with van der Waals surface area (Å²) in [5.74, 6) is 0.00392. The third-order valence-corrected chi connectivity index (χ3v) is 8.89. The Bertz CT molecular complexity index is 1590. The summed E-state index contributed by atoms with van der Waals surface area (Å²) in [6, 6.07) is 17.3. The highest BCUT2D eigenvalue weighted by atomic mass is 16.2. The van der Waals surface area contributed by atoms with Crippen molar-refractivity contribution in [1.82, 2.24) is 20.1 Å². The molecule has 5 rings (SSSR count). The van der Waals surface area contributed by atoms with Crippen LogP contribution in [0.4, 0.5) is 11.5 Å². The maximum atomic E-state index is 14.3. The molecule has 10 heteroatoms. The highest BCUT2D eigenvalue weighted by Crippen LogP contribution is 2.34. The molecule has 3 N–H and O–H groups in total. The molecule has 1 saturated heterocycles. The summed E-state index contributed by atoms with van der Waals surface area (Å²) < 4.78 is 0. The fourth-order valence-electron chi connectivity index (χ4n) is 6.33. The number of carbonyl (C=O) groups is 4. The molecule has 3 aromatic rings. The van der Waals surface area contributed by atoms with E-state index in [0.717, 1.165) is 34.2 Å². The number of benzene rings is 2. The fraction of sp³-hybridized carbons (Fsp3) is 0.400. The number of fused-ring (bicyclic) bond motifs is 2. The minimum Gasteiger partial charge on any atom is -0.343 e. The maximum absolute atomic E-state index is 14.3. The molecule has 236 valence electrons. The van der Waals surface area contributed by atoms with Gasteiger partial charge in [-0.05, 0) is 72.3 Å². The van der Waals surface area contributed by atoms with Crippen LogP contribution in [0, 0.1) is 5.41 Å². The van der Waals surface area contributed by atoms with Crippen LogP contribution in [-0.2, 0) is 45.1 Å². The van der Waals surface area contributed by atoms with Crippen LogP contribution < -0.4 is 16.0 Å². The number of likely N-dealkylation sites (tertiary alicyclic amines) is 1. The fourth-order valence-corrected chi connectivity index (χ4v) is 6.33. The van der Waals surface area contributed by atoms with E-state index >= 15 is 0 Å². The van der Waals surface area contributed by atoms with Gasteiger partial charge in [0.25, 0.3) is 0 Å². The summed E-state index contributed by atoms with van der Waals surface area (Å²) in [5.41, 5.74) is 4.64. The van der Waals surface area contributed by atoms with Gasteiger partial charge in [0.15, 0.2) is 0 Å². The number of hydrogen-bond donors (Lipinski definition) is 3. The Hall–Kier alpha value is -4.57. The number of nitrogens with zero attached hydrogens (tertiary/aromatic N) is 3. The normalized spacial score (nSPS) is 17.9. The summed E-state index contributed by atoms with van der Waals surface area (Å²) >= 11 is 0. The Balaban J connectivity index is 1.37. The first-order chi connectivity index (χ1) is 21.6. The zero-order valence-corrected chi connectivity index (χ0v) is 26.3. The molecule has 0 radical (unpaired) electrons. The van der Waals surface area contributed by atoms with Gasteiger partial charge in [0.05, 0.1) is 6.42 Å². The van der Waals surface area contributed by atoms with E-state index < -0.39 is 5.41 Å². The van der Waals surface area contributed by atoms with Crippen LogP contribution in [-0.4, -0.2) is 65.1 Å². The Kier molecular flexibility index (Phi) is 9.93. The van der Waals surface area contributed by atoms with Crippen molar-refractivity contribution in [3.63, 3.8) is 0 Å². The zero-order chi connectivity index (χ0) is 32.0. The van der Waals surface area contributed by atoms with Crippen molar-refractivity contribution in [3.8, 4) is 0 Å². The SMILES string of the molecule is CNCc1ccccc1CN(CC(=O)Nc1ccc2c(c1)CC(=O)Nc1ncccc1C2)C(=O)C1(C)CCCN(C(C)=O)CC1. The van der Waals surface area contributed by atoms with Gasteiger partial charge >= 0.3 is 0 Å². The van der Waals surface area contributed by atoms with Gasteiger partial charge in [-0.1, -0.05) is 43.3 Å². The topological polar surface area (TPSA) is 124 Å². The second kappa shape index (κ2) is 14.0. The average molecular weight is 611 g/mol. The number of pyridine rings is 1.